The molecule has 2 aromatic heterocycles. The Morgan fingerprint density at radius 2 is 1.79 bits per heavy atom. The first-order chi connectivity index (χ1) is 16.6. The van der Waals surface area contributed by atoms with Crippen molar-refractivity contribution in [2.45, 2.75) is 12.8 Å². The molecule has 0 saturated carbocycles. The summed E-state index contributed by atoms with van der Waals surface area (Å²) in [5, 5.41) is 9.28. The van der Waals surface area contributed by atoms with Crippen molar-refractivity contribution in [3.63, 3.8) is 0 Å². The van der Waals surface area contributed by atoms with Crippen LogP contribution in [0.1, 0.15) is 23.5 Å². The van der Waals surface area contributed by atoms with Gasteiger partial charge in [0.25, 0.3) is 5.91 Å². The summed E-state index contributed by atoms with van der Waals surface area (Å²) in [5.74, 6) is -0.347. The number of hydrogen-bond acceptors (Lipinski definition) is 5. The maximum atomic E-state index is 13.9. The third-order valence-electron chi connectivity index (χ3n) is 5.79. The van der Waals surface area contributed by atoms with Crippen LogP contribution in [0.25, 0.3) is 16.4 Å². The van der Waals surface area contributed by atoms with Gasteiger partial charge in [0.05, 0.1) is 10.6 Å². The second kappa shape index (κ2) is 9.56. The molecule has 4 aromatic rings. The molecule has 1 saturated heterocycles. The van der Waals surface area contributed by atoms with Gasteiger partial charge in [-0.05, 0) is 54.6 Å². The van der Waals surface area contributed by atoms with Gasteiger partial charge in [0.1, 0.15) is 5.82 Å². The Bertz CT molecular complexity index is 1300. The summed E-state index contributed by atoms with van der Waals surface area (Å²) in [6.45, 7) is 0.878. The predicted molar refractivity (Wildman–Crippen MR) is 128 cm³/mol. The Kier molecular flexibility index (Phi) is 6.18. The lowest BCUT2D eigenvalue weighted by Crippen LogP contribution is -2.41. The van der Waals surface area contributed by atoms with Gasteiger partial charge in [0, 0.05) is 24.7 Å². The molecule has 2 amide bonds. The molecule has 7 nitrogen and oxygen atoms in total. The van der Waals surface area contributed by atoms with E-state index in [-0.39, 0.29) is 23.6 Å². The lowest BCUT2D eigenvalue weighted by atomic mass is 9.95. The molecule has 0 aliphatic carbocycles. The summed E-state index contributed by atoms with van der Waals surface area (Å²) >= 11 is 1.47. The Hall–Kier alpha value is -3.85. The Morgan fingerprint density at radius 3 is 2.50 bits per heavy atom. The number of likely N-dealkylation sites (tertiary alicyclic amines) is 1. The molecule has 34 heavy (non-hydrogen) atoms. The molecule has 1 fully saturated rings. The van der Waals surface area contributed by atoms with Gasteiger partial charge in [-0.25, -0.2) is 14.1 Å². The van der Waals surface area contributed by atoms with Crippen molar-refractivity contribution >= 4 is 28.8 Å². The van der Waals surface area contributed by atoms with Gasteiger partial charge < -0.3 is 10.2 Å². The standard InChI is InChI=1S/C25H22FN5O2S/c26-18-6-4-9-20(16-18)31-23(21-10-5-15-34-21)28-22(29-31)25(33)30-13-11-17(12-14-30)24(32)27-19-7-2-1-3-8-19/h1-10,15-17H,11-14H2,(H,27,32). The van der Waals surface area contributed by atoms with Gasteiger partial charge in [0.2, 0.25) is 11.7 Å². The molecule has 0 atom stereocenters. The number of nitrogens with zero attached hydrogens (tertiary/aromatic N) is 4. The van der Waals surface area contributed by atoms with Crippen LogP contribution in [0.4, 0.5) is 10.1 Å². The highest BCUT2D eigenvalue weighted by molar-refractivity contribution is 7.13. The average molecular weight is 476 g/mol. The van der Waals surface area contributed by atoms with Crippen LogP contribution in [0.2, 0.25) is 0 Å². The van der Waals surface area contributed by atoms with E-state index in [1.807, 2.05) is 47.8 Å². The van der Waals surface area contributed by atoms with E-state index < -0.39 is 5.82 Å². The van der Waals surface area contributed by atoms with Crippen LogP contribution in [0.3, 0.4) is 0 Å². The van der Waals surface area contributed by atoms with Crippen LogP contribution < -0.4 is 5.32 Å². The van der Waals surface area contributed by atoms with Gasteiger partial charge >= 0.3 is 0 Å². The summed E-state index contributed by atoms with van der Waals surface area (Å²) < 4.78 is 15.4. The summed E-state index contributed by atoms with van der Waals surface area (Å²) in [6.07, 6.45) is 1.12. The number of carbonyl (C=O) groups excluding carboxylic acids is 2. The Morgan fingerprint density at radius 1 is 1.00 bits per heavy atom. The van der Waals surface area contributed by atoms with E-state index in [4.69, 9.17) is 0 Å². The first-order valence-corrected chi connectivity index (χ1v) is 11.9. The van der Waals surface area contributed by atoms with Gasteiger partial charge in [-0.3, -0.25) is 9.59 Å². The van der Waals surface area contributed by atoms with Crippen LogP contribution in [0.15, 0.2) is 72.1 Å². The van der Waals surface area contributed by atoms with Gasteiger partial charge in [-0.15, -0.1) is 16.4 Å². The van der Waals surface area contributed by atoms with Gasteiger partial charge in [-0.2, -0.15) is 0 Å². The Balaban J connectivity index is 1.31. The molecule has 172 valence electrons. The smallest absolute Gasteiger partial charge is 0.293 e. The normalized spacial score (nSPS) is 14.2. The largest absolute Gasteiger partial charge is 0.336 e. The Labute approximate surface area is 199 Å². The minimum absolute atomic E-state index is 0.0354. The van der Waals surface area contributed by atoms with Crippen LogP contribution in [-0.2, 0) is 4.79 Å². The number of hydrogen-bond donors (Lipinski definition) is 1. The van der Waals surface area contributed by atoms with Crippen LogP contribution >= 0.6 is 11.3 Å². The lowest BCUT2D eigenvalue weighted by molar-refractivity contribution is -0.121. The van der Waals surface area contributed by atoms with E-state index in [1.54, 1.807) is 17.0 Å². The maximum Gasteiger partial charge on any atom is 0.293 e. The molecule has 0 spiro atoms. The third kappa shape index (κ3) is 4.60. The van der Waals surface area contributed by atoms with E-state index in [0.29, 0.717) is 37.4 Å². The number of halogens is 1. The quantitative estimate of drug-likeness (QED) is 0.457. The molecule has 5 rings (SSSR count). The molecule has 1 aliphatic rings. The maximum absolute atomic E-state index is 13.9. The minimum Gasteiger partial charge on any atom is -0.336 e. The average Bonchev–Trinajstić information content (AvgIpc) is 3.55. The number of benzene rings is 2. The van der Waals surface area contributed by atoms with Crippen molar-refractivity contribution in [2.24, 2.45) is 5.92 Å². The first kappa shape index (κ1) is 22.0. The molecule has 0 bridgehead atoms. The predicted octanol–water partition coefficient (Wildman–Crippen LogP) is 4.63. The van der Waals surface area contributed by atoms with Crippen molar-refractivity contribution < 1.29 is 14.0 Å². The number of rotatable bonds is 5. The summed E-state index contributed by atoms with van der Waals surface area (Å²) in [6, 6.07) is 19.1. The van der Waals surface area contributed by atoms with Gasteiger partial charge in [0.15, 0.2) is 5.82 Å². The zero-order valence-electron chi connectivity index (χ0n) is 18.2. The number of thiophene rings is 1. The number of para-hydroxylation sites is 1. The fourth-order valence-electron chi connectivity index (χ4n) is 4.01. The van der Waals surface area contributed by atoms with E-state index in [9.17, 15) is 14.0 Å². The number of anilines is 1. The van der Waals surface area contributed by atoms with Crippen molar-refractivity contribution in [1.82, 2.24) is 19.7 Å². The molecule has 1 aliphatic heterocycles. The lowest BCUT2D eigenvalue weighted by Gasteiger charge is -2.30. The zero-order valence-corrected chi connectivity index (χ0v) is 19.0. The van der Waals surface area contributed by atoms with Crippen LogP contribution in [-0.4, -0.2) is 44.6 Å². The number of nitrogens with one attached hydrogen (secondary N) is 1. The highest BCUT2D eigenvalue weighted by Gasteiger charge is 2.30. The number of aromatic nitrogens is 3. The van der Waals surface area contributed by atoms with Crippen LogP contribution in [0, 0.1) is 11.7 Å². The highest BCUT2D eigenvalue weighted by atomic mass is 32.1. The van der Waals surface area contributed by atoms with Crippen molar-refractivity contribution in [1.29, 1.82) is 0 Å². The fourth-order valence-corrected chi connectivity index (χ4v) is 4.71. The SMILES string of the molecule is O=C(Nc1ccccc1)C1CCN(C(=O)c2nc(-c3cccs3)n(-c3cccc(F)c3)n2)CC1. The van der Waals surface area contributed by atoms with E-state index >= 15 is 0 Å². The van der Waals surface area contributed by atoms with E-state index in [2.05, 4.69) is 15.4 Å². The monoisotopic (exact) mass is 475 g/mol. The van der Waals surface area contributed by atoms with E-state index in [1.165, 1.54) is 28.2 Å². The second-order valence-electron chi connectivity index (χ2n) is 8.05. The summed E-state index contributed by atoms with van der Waals surface area (Å²) in [7, 11) is 0. The molecule has 0 unspecified atom stereocenters. The molecule has 9 heteroatoms. The third-order valence-corrected chi connectivity index (χ3v) is 6.65. The molecule has 1 N–H and O–H groups in total. The number of carbonyl (C=O) groups is 2. The molecular formula is C25H22FN5O2S. The molecule has 2 aromatic carbocycles. The number of amides is 2. The molecule has 0 radical (unpaired) electrons. The van der Waals surface area contributed by atoms with E-state index in [0.717, 1.165) is 10.6 Å². The minimum atomic E-state index is -0.395. The van der Waals surface area contributed by atoms with Crippen LogP contribution in [0.5, 0.6) is 0 Å². The fraction of sp³-hybridized carbons (Fsp3) is 0.200. The topological polar surface area (TPSA) is 80.1 Å². The summed E-state index contributed by atoms with van der Waals surface area (Å²) in [4.78, 5) is 32.8. The van der Waals surface area contributed by atoms with Crippen molar-refractivity contribution in [2.75, 3.05) is 18.4 Å². The zero-order chi connectivity index (χ0) is 23.5. The highest BCUT2D eigenvalue weighted by Crippen LogP contribution is 2.27. The first-order valence-electron chi connectivity index (χ1n) is 11.0. The van der Waals surface area contributed by atoms with Gasteiger partial charge in [-0.1, -0.05) is 30.3 Å². The van der Waals surface area contributed by atoms with Crippen molar-refractivity contribution in [3.05, 3.63) is 83.8 Å². The number of piperidine rings is 1. The molecule has 3 heterocycles. The molecular weight excluding hydrogens is 453 g/mol. The summed E-state index contributed by atoms with van der Waals surface area (Å²) in [5.41, 5.74) is 1.26. The second-order valence-corrected chi connectivity index (χ2v) is 9.00. The van der Waals surface area contributed by atoms with Crippen molar-refractivity contribution in [3.8, 4) is 16.4 Å².